The fraction of sp³-hybridized carbons (Fsp3) is 0.333. The van der Waals surface area contributed by atoms with Crippen molar-refractivity contribution in [2.75, 3.05) is 33.3 Å². The Morgan fingerprint density at radius 2 is 1.75 bits per heavy atom. The van der Waals surface area contributed by atoms with Gasteiger partial charge in [-0.05, 0) is 61.8 Å². The van der Waals surface area contributed by atoms with Gasteiger partial charge in [-0.2, -0.15) is 0 Å². The minimum absolute atomic E-state index is 0.0114. The van der Waals surface area contributed by atoms with Gasteiger partial charge >= 0.3 is 0 Å². The van der Waals surface area contributed by atoms with Crippen LogP contribution < -0.4 is 4.74 Å². The van der Waals surface area contributed by atoms with Crippen LogP contribution in [0, 0.1) is 11.6 Å². The van der Waals surface area contributed by atoms with Crippen LogP contribution in [0.1, 0.15) is 30.0 Å². The Kier molecular flexibility index (Phi) is 6.23. The van der Waals surface area contributed by atoms with Crippen LogP contribution in [0.4, 0.5) is 8.78 Å². The molecule has 0 aliphatic carbocycles. The van der Waals surface area contributed by atoms with Crippen molar-refractivity contribution < 1.29 is 28.2 Å². The van der Waals surface area contributed by atoms with Crippen LogP contribution in [0.5, 0.6) is 5.75 Å². The smallest absolute Gasteiger partial charge is 0.295 e. The first kappa shape index (κ1) is 22.0. The zero-order valence-electron chi connectivity index (χ0n) is 17.7. The molecule has 2 fully saturated rings. The first-order valence-electron chi connectivity index (χ1n) is 10.5. The summed E-state index contributed by atoms with van der Waals surface area (Å²) in [6.07, 6.45) is 2.17. The maximum absolute atomic E-state index is 14.2. The molecule has 2 heterocycles. The molecule has 4 rings (SSSR count). The molecule has 1 N–H and O–H groups in total. The molecule has 0 aromatic heterocycles. The lowest BCUT2D eigenvalue weighted by Gasteiger charge is -2.27. The highest BCUT2D eigenvalue weighted by Crippen LogP contribution is 2.39. The number of aliphatic hydroxyl groups excluding tert-OH is 1. The van der Waals surface area contributed by atoms with Crippen molar-refractivity contribution in [3.63, 3.8) is 0 Å². The van der Waals surface area contributed by atoms with E-state index in [0.29, 0.717) is 12.1 Å². The summed E-state index contributed by atoms with van der Waals surface area (Å²) in [5.74, 6) is -3.26. The number of likely N-dealkylation sites (tertiary alicyclic amines) is 2. The van der Waals surface area contributed by atoms with Crippen LogP contribution >= 0.6 is 0 Å². The van der Waals surface area contributed by atoms with Gasteiger partial charge in [0, 0.05) is 18.7 Å². The molecule has 8 heteroatoms. The predicted molar refractivity (Wildman–Crippen MR) is 114 cm³/mol. The first-order valence-corrected chi connectivity index (χ1v) is 10.5. The molecule has 1 amide bonds. The quantitative estimate of drug-likeness (QED) is 0.421. The van der Waals surface area contributed by atoms with E-state index in [1.54, 1.807) is 0 Å². The van der Waals surface area contributed by atoms with Crippen molar-refractivity contribution in [2.24, 2.45) is 0 Å². The number of amides is 1. The summed E-state index contributed by atoms with van der Waals surface area (Å²) in [6.45, 7) is 2.72. The molecule has 6 nitrogen and oxygen atoms in total. The molecule has 2 aromatic rings. The molecular formula is C24H24F2N2O4. The molecule has 0 saturated carbocycles. The molecule has 168 valence electrons. The zero-order chi connectivity index (χ0) is 22.8. The summed E-state index contributed by atoms with van der Waals surface area (Å²) in [6, 6.07) is 8.34. The van der Waals surface area contributed by atoms with E-state index in [-0.39, 0.29) is 23.4 Å². The third-order valence-corrected chi connectivity index (χ3v) is 6.01. The van der Waals surface area contributed by atoms with Crippen LogP contribution in [0.3, 0.4) is 0 Å². The number of benzene rings is 2. The van der Waals surface area contributed by atoms with Gasteiger partial charge in [-0.1, -0.05) is 12.1 Å². The number of aliphatic hydroxyl groups is 1. The Bertz CT molecular complexity index is 1060. The normalized spacial score (nSPS) is 20.8. The molecule has 0 bridgehead atoms. The average Bonchev–Trinajstić information content (AvgIpc) is 3.39. The topological polar surface area (TPSA) is 70.1 Å². The second-order valence-electron chi connectivity index (χ2n) is 7.94. The summed E-state index contributed by atoms with van der Waals surface area (Å²) in [4.78, 5) is 29.5. The summed E-state index contributed by atoms with van der Waals surface area (Å²) < 4.78 is 32.7. The first-order chi connectivity index (χ1) is 15.4. The Hall–Kier alpha value is -3.26. The number of rotatable bonds is 6. The summed E-state index contributed by atoms with van der Waals surface area (Å²) in [7, 11) is 1.32. The van der Waals surface area contributed by atoms with E-state index in [9.17, 15) is 23.5 Å². The molecule has 32 heavy (non-hydrogen) atoms. The lowest BCUT2D eigenvalue weighted by molar-refractivity contribution is -0.140. The fourth-order valence-electron chi connectivity index (χ4n) is 4.33. The molecule has 0 spiro atoms. The van der Waals surface area contributed by atoms with Gasteiger partial charge in [0.1, 0.15) is 11.6 Å². The molecule has 2 aliphatic rings. The number of methoxy groups -OCH3 is 1. The van der Waals surface area contributed by atoms with Gasteiger partial charge in [0.15, 0.2) is 11.6 Å². The molecule has 1 atom stereocenters. The molecule has 2 aliphatic heterocycles. The highest BCUT2D eigenvalue weighted by molar-refractivity contribution is 6.46. The number of Topliss-reactive ketones (excluding diaryl/α,β-unsaturated/α-hetero) is 1. The van der Waals surface area contributed by atoms with Crippen LogP contribution in [0.15, 0.2) is 48.0 Å². The molecule has 0 radical (unpaired) electrons. The van der Waals surface area contributed by atoms with Gasteiger partial charge in [0.05, 0.1) is 18.7 Å². The van der Waals surface area contributed by atoms with E-state index in [1.165, 1.54) is 48.4 Å². The number of ether oxygens (including phenoxy) is 1. The highest BCUT2D eigenvalue weighted by Gasteiger charge is 2.46. The number of carbonyl (C=O) groups excluding carboxylic acids is 2. The highest BCUT2D eigenvalue weighted by atomic mass is 19.1. The molecule has 2 aromatic carbocycles. The van der Waals surface area contributed by atoms with Gasteiger partial charge < -0.3 is 19.6 Å². The van der Waals surface area contributed by atoms with E-state index in [1.807, 2.05) is 0 Å². The van der Waals surface area contributed by atoms with E-state index in [2.05, 4.69) is 4.90 Å². The number of carbonyl (C=O) groups is 2. The minimum atomic E-state index is -0.900. The van der Waals surface area contributed by atoms with Crippen LogP contribution in [-0.2, 0) is 9.59 Å². The van der Waals surface area contributed by atoms with Crippen molar-refractivity contribution in [3.8, 4) is 5.75 Å². The third kappa shape index (κ3) is 4.10. The fourth-order valence-corrected chi connectivity index (χ4v) is 4.33. The lowest BCUT2D eigenvalue weighted by atomic mass is 9.95. The van der Waals surface area contributed by atoms with Crippen LogP contribution in [0.25, 0.3) is 5.76 Å². The predicted octanol–water partition coefficient (Wildman–Crippen LogP) is 3.49. The van der Waals surface area contributed by atoms with Crippen molar-refractivity contribution in [1.82, 2.24) is 9.80 Å². The second kappa shape index (κ2) is 9.08. The largest absolute Gasteiger partial charge is 0.507 e. The number of hydrogen-bond acceptors (Lipinski definition) is 5. The van der Waals surface area contributed by atoms with E-state index >= 15 is 0 Å². The second-order valence-corrected chi connectivity index (χ2v) is 7.94. The van der Waals surface area contributed by atoms with E-state index in [0.717, 1.165) is 32.0 Å². The van der Waals surface area contributed by atoms with Gasteiger partial charge in [-0.25, -0.2) is 8.78 Å². The van der Waals surface area contributed by atoms with Gasteiger partial charge in [-0.15, -0.1) is 0 Å². The summed E-state index contributed by atoms with van der Waals surface area (Å²) in [5.41, 5.74) is 0.392. The number of hydrogen-bond donors (Lipinski definition) is 1. The van der Waals surface area contributed by atoms with Crippen molar-refractivity contribution in [1.29, 1.82) is 0 Å². The summed E-state index contributed by atoms with van der Waals surface area (Å²) in [5, 5.41) is 11.0. The SMILES string of the molecule is COc1ccc(/C(O)=C2\C(=O)C(=O)N(CCN3CCCC3)C2c2ccc(F)cc2)cc1F. The molecular weight excluding hydrogens is 418 g/mol. The number of ketones is 1. The van der Waals surface area contributed by atoms with Crippen molar-refractivity contribution >= 4 is 17.4 Å². The van der Waals surface area contributed by atoms with Crippen LogP contribution in [-0.4, -0.2) is 59.9 Å². The molecule has 1 unspecified atom stereocenters. The maximum atomic E-state index is 14.2. The van der Waals surface area contributed by atoms with Crippen LogP contribution in [0.2, 0.25) is 0 Å². The minimum Gasteiger partial charge on any atom is -0.507 e. The third-order valence-electron chi connectivity index (χ3n) is 6.01. The van der Waals surface area contributed by atoms with Gasteiger partial charge in [0.2, 0.25) is 0 Å². The van der Waals surface area contributed by atoms with E-state index in [4.69, 9.17) is 4.74 Å². The van der Waals surface area contributed by atoms with Crippen molar-refractivity contribution in [2.45, 2.75) is 18.9 Å². The zero-order valence-corrected chi connectivity index (χ0v) is 17.7. The standard InChI is InChI=1S/C24H24F2N2O4/c1-32-19-9-6-16(14-18(19)26)22(29)20-21(15-4-7-17(25)8-5-15)28(24(31)23(20)30)13-12-27-10-2-3-11-27/h4-9,14,21,29H,2-3,10-13H2,1H3/b22-20+. The Morgan fingerprint density at radius 3 is 2.38 bits per heavy atom. The van der Waals surface area contributed by atoms with Gasteiger partial charge in [-0.3, -0.25) is 9.59 Å². The average molecular weight is 442 g/mol. The Balaban J connectivity index is 1.76. The monoisotopic (exact) mass is 442 g/mol. The molecule has 2 saturated heterocycles. The van der Waals surface area contributed by atoms with Gasteiger partial charge in [0.25, 0.3) is 11.7 Å². The number of nitrogens with zero attached hydrogens (tertiary/aromatic N) is 2. The maximum Gasteiger partial charge on any atom is 0.295 e. The Labute approximate surface area is 184 Å². The van der Waals surface area contributed by atoms with Crippen molar-refractivity contribution in [3.05, 3.63) is 70.8 Å². The van der Waals surface area contributed by atoms with E-state index < -0.39 is 35.1 Å². The summed E-state index contributed by atoms with van der Waals surface area (Å²) >= 11 is 0. The lowest BCUT2D eigenvalue weighted by Crippen LogP contribution is -2.37. The Morgan fingerprint density at radius 1 is 1.06 bits per heavy atom. The number of halogens is 2.